The summed E-state index contributed by atoms with van der Waals surface area (Å²) in [6.07, 6.45) is 5.88. The molecule has 0 amide bonds. The van der Waals surface area contributed by atoms with Crippen molar-refractivity contribution in [2.45, 2.75) is 26.2 Å². The van der Waals surface area contributed by atoms with Crippen molar-refractivity contribution in [1.82, 2.24) is 14.9 Å². The Morgan fingerprint density at radius 1 is 1.07 bits per heavy atom. The zero-order valence-electron chi connectivity index (χ0n) is 16.0. The molecule has 6 nitrogen and oxygen atoms in total. The molecule has 0 bridgehead atoms. The number of rotatable bonds is 9. The third kappa shape index (κ3) is 5.66. The van der Waals surface area contributed by atoms with Crippen LogP contribution in [0.1, 0.15) is 37.3 Å². The van der Waals surface area contributed by atoms with E-state index in [-0.39, 0.29) is 0 Å². The van der Waals surface area contributed by atoms with E-state index in [2.05, 4.69) is 57.2 Å². The summed E-state index contributed by atoms with van der Waals surface area (Å²) in [7, 11) is 0. The van der Waals surface area contributed by atoms with Crippen molar-refractivity contribution in [2.24, 2.45) is 5.10 Å². The van der Waals surface area contributed by atoms with E-state index in [4.69, 9.17) is 9.47 Å². The van der Waals surface area contributed by atoms with Crippen LogP contribution in [0.4, 0.5) is 0 Å². The number of hydrogen-bond acceptors (Lipinski definition) is 5. The monoisotopic (exact) mass is 442 g/mol. The average molecular weight is 443 g/mol. The molecule has 28 heavy (non-hydrogen) atoms. The molecular formula is C21H23BrN4O2. The lowest BCUT2D eigenvalue weighted by Gasteiger charge is -2.12. The highest BCUT2D eigenvalue weighted by Gasteiger charge is 2.05. The van der Waals surface area contributed by atoms with Gasteiger partial charge in [-0.1, -0.05) is 41.9 Å². The van der Waals surface area contributed by atoms with Gasteiger partial charge in [0.1, 0.15) is 37.4 Å². The van der Waals surface area contributed by atoms with Crippen LogP contribution in [0.5, 0.6) is 11.5 Å². The Bertz CT molecular complexity index is 895. The SMILES string of the molecule is CCC(C)c1ccc(OCCOc2ccc(Br)cc2C=Nn2cnnc2)cc1. The first kappa shape index (κ1) is 20.1. The highest BCUT2D eigenvalue weighted by Crippen LogP contribution is 2.23. The third-order valence-corrected chi connectivity index (χ3v) is 4.87. The summed E-state index contributed by atoms with van der Waals surface area (Å²) < 4.78 is 14.1. The van der Waals surface area contributed by atoms with Gasteiger partial charge in [-0.25, -0.2) is 4.68 Å². The predicted molar refractivity (Wildman–Crippen MR) is 113 cm³/mol. The zero-order chi connectivity index (χ0) is 19.8. The normalized spacial score (nSPS) is 12.2. The Morgan fingerprint density at radius 2 is 1.79 bits per heavy atom. The minimum absolute atomic E-state index is 0.433. The molecule has 1 heterocycles. The molecule has 0 aliphatic rings. The van der Waals surface area contributed by atoms with Crippen LogP contribution in [0.3, 0.4) is 0 Å². The van der Waals surface area contributed by atoms with Gasteiger partial charge in [0.2, 0.25) is 0 Å². The third-order valence-electron chi connectivity index (χ3n) is 4.38. The summed E-state index contributed by atoms with van der Waals surface area (Å²) in [4.78, 5) is 0. The molecule has 146 valence electrons. The number of hydrogen-bond donors (Lipinski definition) is 0. The minimum Gasteiger partial charge on any atom is -0.490 e. The fourth-order valence-electron chi connectivity index (χ4n) is 2.57. The molecule has 0 N–H and O–H groups in total. The Kier molecular flexibility index (Phi) is 7.19. The molecule has 7 heteroatoms. The van der Waals surface area contributed by atoms with Gasteiger partial charge in [0.15, 0.2) is 0 Å². The van der Waals surface area contributed by atoms with Crippen LogP contribution in [0.2, 0.25) is 0 Å². The van der Waals surface area contributed by atoms with Gasteiger partial charge in [-0.15, -0.1) is 10.2 Å². The Morgan fingerprint density at radius 3 is 2.50 bits per heavy atom. The molecule has 0 fully saturated rings. The quantitative estimate of drug-likeness (QED) is 0.349. The summed E-state index contributed by atoms with van der Waals surface area (Å²) in [5.41, 5.74) is 2.18. The number of aromatic nitrogens is 3. The van der Waals surface area contributed by atoms with Crippen molar-refractivity contribution in [3.05, 3.63) is 70.7 Å². The van der Waals surface area contributed by atoms with Crippen LogP contribution in [0, 0.1) is 0 Å². The molecule has 2 aromatic carbocycles. The van der Waals surface area contributed by atoms with Crippen LogP contribution in [0.25, 0.3) is 0 Å². The molecule has 3 rings (SSSR count). The molecule has 0 radical (unpaired) electrons. The molecule has 0 saturated carbocycles. The lowest BCUT2D eigenvalue weighted by molar-refractivity contribution is 0.217. The summed E-state index contributed by atoms with van der Waals surface area (Å²) in [5.74, 6) is 2.14. The van der Waals surface area contributed by atoms with Gasteiger partial charge in [0.25, 0.3) is 0 Å². The van der Waals surface area contributed by atoms with Crippen molar-refractivity contribution in [1.29, 1.82) is 0 Å². The van der Waals surface area contributed by atoms with Gasteiger partial charge in [-0.05, 0) is 48.2 Å². The fourth-order valence-corrected chi connectivity index (χ4v) is 2.95. The molecule has 0 spiro atoms. The van der Waals surface area contributed by atoms with E-state index in [9.17, 15) is 0 Å². The Labute approximate surface area is 173 Å². The van der Waals surface area contributed by atoms with Crippen molar-refractivity contribution < 1.29 is 9.47 Å². The second-order valence-electron chi connectivity index (χ2n) is 6.34. The van der Waals surface area contributed by atoms with Crippen LogP contribution < -0.4 is 9.47 Å². The molecule has 0 aliphatic carbocycles. The topological polar surface area (TPSA) is 61.5 Å². The molecule has 1 aromatic heterocycles. The summed E-state index contributed by atoms with van der Waals surface area (Å²) in [5, 5.41) is 11.7. The van der Waals surface area contributed by atoms with E-state index < -0.39 is 0 Å². The first-order valence-corrected chi connectivity index (χ1v) is 9.99. The van der Waals surface area contributed by atoms with E-state index in [1.54, 1.807) is 6.21 Å². The summed E-state index contributed by atoms with van der Waals surface area (Å²) in [6, 6.07) is 14.0. The second-order valence-corrected chi connectivity index (χ2v) is 7.26. The van der Waals surface area contributed by atoms with Crippen LogP contribution in [-0.4, -0.2) is 34.3 Å². The molecule has 1 atom stereocenters. The van der Waals surface area contributed by atoms with Gasteiger partial charge in [0, 0.05) is 10.0 Å². The highest BCUT2D eigenvalue weighted by atomic mass is 79.9. The maximum Gasteiger partial charge on any atom is 0.141 e. The number of ether oxygens (including phenoxy) is 2. The van der Waals surface area contributed by atoms with Gasteiger partial charge < -0.3 is 9.47 Å². The molecule has 1 unspecified atom stereocenters. The smallest absolute Gasteiger partial charge is 0.141 e. The maximum atomic E-state index is 5.89. The lowest BCUT2D eigenvalue weighted by Crippen LogP contribution is -2.10. The van der Waals surface area contributed by atoms with Crippen LogP contribution >= 0.6 is 15.9 Å². The maximum absolute atomic E-state index is 5.89. The fraction of sp³-hybridized carbons (Fsp3) is 0.286. The van der Waals surface area contributed by atoms with Crippen molar-refractivity contribution in [2.75, 3.05) is 13.2 Å². The predicted octanol–water partition coefficient (Wildman–Crippen LogP) is 4.89. The molecule has 0 saturated heterocycles. The minimum atomic E-state index is 0.433. The first-order valence-electron chi connectivity index (χ1n) is 9.20. The van der Waals surface area contributed by atoms with Crippen molar-refractivity contribution >= 4 is 22.1 Å². The van der Waals surface area contributed by atoms with E-state index in [0.29, 0.717) is 19.1 Å². The summed E-state index contributed by atoms with van der Waals surface area (Å²) in [6.45, 7) is 5.31. The van der Waals surface area contributed by atoms with E-state index in [1.165, 1.54) is 22.9 Å². The zero-order valence-corrected chi connectivity index (χ0v) is 17.5. The highest BCUT2D eigenvalue weighted by molar-refractivity contribution is 9.10. The first-order chi connectivity index (χ1) is 13.7. The average Bonchev–Trinajstić information content (AvgIpc) is 3.24. The van der Waals surface area contributed by atoms with Gasteiger partial charge in [-0.3, -0.25) is 0 Å². The van der Waals surface area contributed by atoms with E-state index in [0.717, 1.165) is 28.0 Å². The number of nitrogens with zero attached hydrogens (tertiary/aromatic N) is 4. The standard InChI is InChI=1S/C21H23BrN4O2/c1-3-16(2)17-4-7-20(8-5-17)27-10-11-28-21-9-6-19(22)12-18(21)13-25-26-14-23-24-15-26/h4-9,12-16H,3,10-11H2,1-2H3. The van der Waals surface area contributed by atoms with Gasteiger partial charge in [-0.2, -0.15) is 5.10 Å². The lowest BCUT2D eigenvalue weighted by atomic mass is 9.99. The van der Waals surface area contributed by atoms with Gasteiger partial charge >= 0.3 is 0 Å². The molecule has 0 aliphatic heterocycles. The van der Waals surface area contributed by atoms with Crippen molar-refractivity contribution in [3.63, 3.8) is 0 Å². The largest absolute Gasteiger partial charge is 0.490 e. The summed E-state index contributed by atoms with van der Waals surface area (Å²) >= 11 is 3.48. The van der Waals surface area contributed by atoms with E-state index in [1.807, 2.05) is 30.3 Å². The van der Waals surface area contributed by atoms with Crippen LogP contribution in [0.15, 0.2) is 64.7 Å². The molecular weight excluding hydrogens is 420 g/mol. The number of halogens is 1. The Balaban J connectivity index is 1.54. The van der Waals surface area contributed by atoms with Crippen molar-refractivity contribution in [3.8, 4) is 11.5 Å². The Hall–Kier alpha value is -2.67. The second kappa shape index (κ2) is 10.0. The van der Waals surface area contributed by atoms with Gasteiger partial charge in [0.05, 0.1) is 6.21 Å². The van der Waals surface area contributed by atoms with E-state index >= 15 is 0 Å². The number of benzene rings is 2. The molecule has 3 aromatic rings. The van der Waals surface area contributed by atoms with Crippen LogP contribution in [-0.2, 0) is 0 Å².